The van der Waals surface area contributed by atoms with Gasteiger partial charge in [-0.25, -0.2) is 13.7 Å². The first-order valence-electron chi connectivity index (χ1n) is 19.9. The molecule has 0 amide bonds. The number of phenols is 1. The molecule has 0 unspecified atom stereocenters. The Morgan fingerprint density at radius 3 is 2.13 bits per heavy atom. The zero-order valence-electron chi connectivity index (χ0n) is 37.8. The van der Waals surface area contributed by atoms with Gasteiger partial charge in [-0.3, -0.25) is 18.5 Å². The van der Waals surface area contributed by atoms with Crippen molar-refractivity contribution in [3.8, 4) is 22.9 Å². The molecule has 0 radical (unpaired) electrons. The van der Waals surface area contributed by atoms with Crippen LogP contribution in [0.3, 0.4) is 0 Å². The van der Waals surface area contributed by atoms with Gasteiger partial charge in [-0.15, -0.1) is 24.8 Å². The van der Waals surface area contributed by atoms with E-state index in [0.29, 0.717) is 4.90 Å². The maximum atomic E-state index is 13.0. The first-order valence-corrected chi connectivity index (χ1v) is 27.7. The van der Waals surface area contributed by atoms with Crippen LogP contribution in [-0.2, 0) is 59.1 Å². The summed E-state index contributed by atoms with van der Waals surface area (Å²) in [6.07, 6.45) is 1.90. The van der Waals surface area contributed by atoms with Gasteiger partial charge in [0.05, 0.1) is 52.7 Å². The largest absolute Gasteiger partial charge is 0.505 e. The van der Waals surface area contributed by atoms with Gasteiger partial charge in [0.1, 0.15) is 38.3 Å². The van der Waals surface area contributed by atoms with E-state index in [9.17, 15) is 47.9 Å². The Bertz CT molecular complexity index is 3740. The summed E-state index contributed by atoms with van der Waals surface area (Å²) in [4.78, 5) is 14.5. The van der Waals surface area contributed by atoms with Gasteiger partial charge in [-0.1, -0.05) is 5.04 Å². The number of sulfone groups is 1. The number of nitrogens with one attached hydrogen (secondary N) is 3. The van der Waals surface area contributed by atoms with Crippen molar-refractivity contribution in [1.82, 2.24) is 20.3 Å². The lowest BCUT2D eigenvalue weighted by atomic mass is 10.1. The van der Waals surface area contributed by atoms with Gasteiger partial charge >= 0.3 is 10.4 Å². The number of fused-ring (bicyclic) bond motifs is 1. The number of thioether (sulfide) groups is 1. The number of aromatic nitrogens is 3. The minimum atomic E-state index is -5.30. The second kappa shape index (κ2) is 25.9. The molecule has 6 aromatic rings. The lowest BCUT2D eigenvalue weighted by molar-refractivity contribution is -0.432. The fourth-order valence-corrected chi connectivity index (χ4v) is 9.90. The second-order valence-electron chi connectivity index (χ2n) is 14.1. The van der Waals surface area contributed by atoms with E-state index in [1.165, 1.54) is 37.4 Å². The average molecular weight is 1190 g/mol. The summed E-state index contributed by atoms with van der Waals surface area (Å²) in [5.41, 5.74) is 4.23. The van der Waals surface area contributed by atoms with E-state index < -0.39 is 73.1 Å². The Balaban J connectivity index is 0.0000107. The summed E-state index contributed by atoms with van der Waals surface area (Å²) < 4.78 is 141. The third kappa shape index (κ3) is 16.2. The Hall–Kier alpha value is -6.68. The molecule has 0 bridgehead atoms. The normalized spacial score (nSPS) is 12.1. The zero-order chi connectivity index (χ0) is 54.7. The lowest BCUT2D eigenvalue weighted by Crippen LogP contribution is -2.25. The quantitative estimate of drug-likeness (QED) is 0.00435. The number of nitrogens with zero attached hydrogens (tertiary/aromatic N) is 7. The van der Waals surface area contributed by atoms with Crippen LogP contribution in [0.5, 0.6) is 11.5 Å². The maximum Gasteiger partial charge on any atom is 0.433 e. The van der Waals surface area contributed by atoms with Crippen molar-refractivity contribution in [2.24, 2.45) is 20.5 Å². The van der Waals surface area contributed by atoms with E-state index in [2.05, 4.69) is 75.2 Å². The fourth-order valence-electron chi connectivity index (χ4n) is 6.05. The summed E-state index contributed by atoms with van der Waals surface area (Å²) >= 11 is 7.30. The first-order chi connectivity index (χ1) is 35.4. The predicted molar refractivity (Wildman–Crippen MR) is 269 cm³/mol. The number of aromatic hydroxyl groups is 1. The van der Waals surface area contributed by atoms with Gasteiger partial charge in [0, 0.05) is 39.7 Å². The molecule has 1 heterocycles. The Kier molecular flexibility index (Phi) is 20.5. The predicted octanol–water partition coefficient (Wildman–Crippen LogP) is 5.51. The number of ether oxygens (including phenoxy) is 1. The Labute approximate surface area is 442 Å². The molecule has 0 aliphatic heterocycles. The number of methoxy groups -OCH3 is 1. The third-order valence-electron chi connectivity index (χ3n) is 9.20. The molecule has 76 heavy (non-hydrogen) atoms. The van der Waals surface area contributed by atoms with Crippen LogP contribution < -0.4 is 26.4 Å². The number of phenolic OH excluding ortho intramolecular Hbond substituents is 1. The van der Waals surface area contributed by atoms with Crippen LogP contribution >= 0.6 is 35.4 Å². The molecule has 5 aromatic carbocycles. The van der Waals surface area contributed by atoms with Gasteiger partial charge in [-0.05, 0) is 100 Å². The molecular formula is C38H36ClN11O20S6. The van der Waals surface area contributed by atoms with Gasteiger partial charge in [0.25, 0.3) is 20.2 Å². The van der Waals surface area contributed by atoms with E-state index >= 15 is 0 Å². The molecule has 0 saturated carbocycles. The van der Waals surface area contributed by atoms with Crippen molar-refractivity contribution in [2.45, 2.75) is 24.5 Å². The van der Waals surface area contributed by atoms with Gasteiger partial charge in [-0.2, -0.15) is 40.2 Å². The molecule has 0 atom stereocenters. The number of hydrogen-bond acceptors (Lipinski definition) is 29. The van der Waals surface area contributed by atoms with Gasteiger partial charge in [0.2, 0.25) is 17.2 Å². The highest BCUT2D eigenvalue weighted by Gasteiger charge is 2.26. The van der Waals surface area contributed by atoms with E-state index in [4.69, 9.17) is 37.0 Å². The number of benzene rings is 5. The fraction of sp³-hybridized carbons (Fsp3) is 0.132. The monoisotopic (exact) mass is 1190 g/mol. The SMILES string of the molecule is COc1ccc(SC#COOS(=O)(=O)O)cc1Nc1nc(Cl)nc(Nc2ccc(N=Nc3c(N)ccc4c(O)c(N=Nc5ccc(S(=O)(=O)CCNCCO)cc5SOOO)c(S(=O)(=O)O)cc34)c(S(=O)(=O)O)c2)n1.O. The smallest absolute Gasteiger partial charge is 0.433 e. The summed E-state index contributed by atoms with van der Waals surface area (Å²) in [6.45, 7) is -0.104. The third-order valence-corrected chi connectivity index (χ3v) is 14.4. The number of nitrogen functional groups attached to an aromatic ring is 1. The number of anilines is 5. The van der Waals surface area contributed by atoms with Crippen LogP contribution in [0.4, 0.5) is 51.7 Å². The van der Waals surface area contributed by atoms with E-state index in [0.717, 1.165) is 48.2 Å². The van der Waals surface area contributed by atoms with Crippen molar-refractivity contribution in [2.75, 3.05) is 48.9 Å². The lowest BCUT2D eigenvalue weighted by Gasteiger charge is -2.13. The highest BCUT2D eigenvalue weighted by Crippen LogP contribution is 2.47. The van der Waals surface area contributed by atoms with Crippen molar-refractivity contribution in [3.05, 3.63) is 78.1 Å². The molecule has 0 fully saturated rings. The summed E-state index contributed by atoms with van der Waals surface area (Å²) in [7, 11) is -17.9. The standard InChI is InChI=1S/C38H34ClN11O19S6.H2O/c1-65-29-9-3-21(70-14-13-66-69-75(62,63)64)17-28(29)43-38-45-36(39)44-37(46-38)42-20-2-7-27(31(16-20)73(56,57)58)48-49-33-24-19-32(74(59,60)61)34(35(52)23(24)5-6-25(33)40)50-47-26-8-4-22(18-30(26)71-68-67-53)72(54,55)15-11-41-10-12-51;/h2-9,16-19,41,51-53H,10-12,15,40H2,1H3,(H,56,57,58)(H,59,60,61)(H,62,63,64)(H2,42,43,44,45,46);1H2. The van der Waals surface area contributed by atoms with Crippen molar-refractivity contribution >= 4 is 138 Å². The number of rotatable bonds is 23. The van der Waals surface area contributed by atoms with Crippen molar-refractivity contribution < 1.29 is 91.6 Å². The number of halogens is 1. The maximum absolute atomic E-state index is 13.0. The van der Waals surface area contributed by atoms with Crippen LogP contribution in [-0.4, -0.2) is 116 Å². The second-order valence-corrected chi connectivity index (χ2v) is 21.9. The molecule has 38 heteroatoms. The Morgan fingerprint density at radius 1 is 0.776 bits per heavy atom. The minimum absolute atomic E-state index is 0. The van der Waals surface area contributed by atoms with Crippen LogP contribution in [0, 0.1) is 11.4 Å². The molecule has 406 valence electrons. The first kappa shape index (κ1) is 60.2. The summed E-state index contributed by atoms with van der Waals surface area (Å²) in [5, 5.41) is 58.4. The highest BCUT2D eigenvalue weighted by molar-refractivity contribution is 8.04. The summed E-state index contributed by atoms with van der Waals surface area (Å²) in [5.74, 6) is -1.47. The molecule has 0 aliphatic rings. The highest BCUT2D eigenvalue weighted by atomic mass is 35.5. The van der Waals surface area contributed by atoms with Gasteiger partial charge in [0.15, 0.2) is 21.7 Å². The summed E-state index contributed by atoms with van der Waals surface area (Å²) in [6, 6.07) is 14.4. The van der Waals surface area contributed by atoms with Crippen LogP contribution in [0.15, 0.2) is 118 Å². The number of hydrogen-bond donors (Lipinski definition) is 10. The topological polar surface area (TPSA) is 486 Å². The van der Waals surface area contributed by atoms with Crippen LogP contribution in [0.2, 0.25) is 5.28 Å². The van der Waals surface area contributed by atoms with Crippen LogP contribution in [0.25, 0.3) is 10.8 Å². The number of nitrogens with two attached hydrogens (primary N) is 1. The number of azo groups is 2. The molecule has 6 rings (SSSR count). The van der Waals surface area contributed by atoms with Crippen molar-refractivity contribution in [1.29, 1.82) is 0 Å². The average Bonchev–Trinajstić information content (AvgIpc) is 3.33. The molecule has 1 aromatic heterocycles. The van der Waals surface area contributed by atoms with E-state index in [-0.39, 0.29) is 109 Å². The van der Waals surface area contributed by atoms with Gasteiger partial charge < -0.3 is 42.1 Å². The minimum Gasteiger partial charge on any atom is -0.505 e. The number of aliphatic hydroxyl groups excluding tert-OH is 1. The molecule has 0 aliphatic carbocycles. The van der Waals surface area contributed by atoms with E-state index in [1.807, 2.05) is 6.11 Å². The van der Waals surface area contributed by atoms with Crippen LogP contribution in [0.1, 0.15) is 0 Å². The molecule has 13 N–H and O–H groups in total. The molecule has 31 nitrogen and oxygen atoms in total. The molecule has 0 saturated heterocycles. The molecule has 0 spiro atoms. The zero-order valence-corrected chi connectivity index (χ0v) is 43.4. The van der Waals surface area contributed by atoms with Crippen molar-refractivity contribution in [3.63, 3.8) is 0 Å². The molecular weight excluding hydrogens is 1160 g/mol. The number of aliphatic hydroxyl groups is 1. The van der Waals surface area contributed by atoms with E-state index in [1.54, 1.807) is 6.07 Å². The Morgan fingerprint density at radius 2 is 1.46 bits per heavy atom.